The van der Waals surface area contributed by atoms with Gasteiger partial charge >= 0.3 is 0 Å². The monoisotopic (exact) mass is 443 g/mol. The zero-order valence-electron chi connectivity index (χ0n) is 16.9. The summed E-state index contributed by atoms with van der Waals surface area (Å²) in [6, 6.07) is 6.87. The number of piperazine rings is 1. The number of carbonyl (C=O) groups is 1. The summed E-state index contributed by atoms with van der Waals surface area (Å²) in [7, 11) is -3.35. The van der Waals surface area contributed by atoms with E-state index in [4.69, 9.17) is 16.3 Å². The molecular weight excluding hydrogens is 414 g/mol. The van der Waals surface area contributed by atoms with Crippen molar-refractivity contribution in [3.63, 3.8) is 0 Å². The van der Waals surface area contributed by atoms with Gasteiger partial charge in [-0.2, -0.15) is 4.31 Å². The SMILES string of the molecule is CCCS(=O)(=O)N1CCCC1C(=O)N1CCN(CCOc2ccccc2Cl)CC1. The van der Waals surface area contributed by atoms with Crippen LogP contribution in [0.4, 0.5) is 0 Å². The zero-order valence-corrected chi connectivity index (χ0v) is 18.5. The predicted octanol–water partition coefficient (Wildman–Crippen LogP) is 2.07. The van der Waals surface area contributed by atoms with Crippen LogP contribution in [0.2, 0.25) is 5.02 Å². The summed E-state index contributed by atoms with van der Waals surface area (Å²) in [5, 5.41) is 0.599. The van der Waals surface area contributed by atoms with Crippen LogP contribution in [-0.2, 0) is 14.8 Å². The summed E-state index contributed by atoms with van der Waals surface area (Å²) in [6.45, 7) is 6.33. The lowest BCUT2D eigenvalue weighted by atomic mass is 10.2. The fraction of sp³-hybridized carbons (Fsp3) is 0.650. The van der Waals surface area contributed by atoms with Gasteiger partial charge in [0.25, 0.3) is 0 Å². The van der Waals surface area contributed by atoms with E-state index in [1.807, 2.05) is 30.0 Å². The number of carbonyl (C=O) groups excluding carboxylic acids is 1. The van der Waals surface area contributed by atoms with Gasteiger partial charge in [0.1, 0.15) is 18.4 Å². The first kappa shape index (κ1) is 22.3. The molecule has 162 valence electrons. The number of benzene rings is 1. The van der Waals surface area contributed by atoms with Crippen molar-refractivity contribution in [1.29, 1.82) is 0 Å². The first-order valence-electron chi connectivity index (χ1n) is 10.3. The maximum Gasteiger partial charge on any atom is 0.241 e. The maximum atomic E-state index is 13.0. The quantitative estimate of drug-likeness (QED) is 0.615. The van der Waals surface area contributed by atoms with Gasteiger partial charge in [0.15, 0.2) is 0 Å². The van der Waals surface area contributed by atoms with Crippen LogP contribution in [0.5, 0.6) is 5.75 Å². The van der Waals surface area contributed by atoms with Crippen LogP contribution in [-0.4, -0.2) is 86.1 Å². The number of halogens is 1. The Labute approximate surface area is 178 Å². The van der Waals surface area contributed by atoms with E-state index >= 15 is 0 Å². The van der Waals surface area contributed by atoms with Crippen LogP contribution in [0.3, 0.4) is 0 Å². The molecule has 1 amide bonds. The average molecular weight is 444 g/mol. The molecule has 1 unspecified atom stereocenters. The van der Waals surface area contributed by atoms with Crippen molar-refractivity contribution in [1.82, 2.24) is 14.1 Å². The third-order valence-electron chi connectivity index (χ3n) is 5.49. The lowest BCUT2D eigenvalue weighted by Gasteiger charge is -2.37. The predicted molar refractivity (Wildman–Crippen MR) is 114 cm³/mol. The van der Waals surface area contributed by atoms with E-state index in [0.29, 0.717) is 49.9 Å². The zero-order chi connectivity index (χ0) is 20.9. The van der Waals surface area contributed by atoms with Gasteiger partial charge in [0.05, 0.1) is 10.8 Å². The van der Waals surface area contributed by atoms with Crippen LogP contribution in [0, 0.1) is 0 Å². The summed E-state index contributed by atoms with van der Waals surface area (Å²) in [4.78, 5) is 17.0. The molecule has 0 radical (unpaired) electrons. The van der Waals surface area contributed by atoms with Crippen molar-refractivity contribution >= 4 is 27.5 Å². The second-order valence-electron chi connectivity index (χ2n) is 7.53. The Morgan fingerprint density at radius 3 is 2.59 bits per heavy atom. The van der Waals surface area contributed by atoms with E-state index in [2.05, 4.69) is 4.90 Å². The highest BCUT2D eigenvalue weighted by Gasteiger charge is 2.40. The van der Waals surface area contributed by atoms with E-state index in [1.54, 1.807) is 6.07 Å². The van der Waals surface area contributed by atoms with Gasteiger partial charge in [-0.1, -0.05) is 30.7 Å². The number of ether oxygens (including phenoxy) is 1. The molecule has 1 aromatic rings. The molecule has 2 aliphatic heterocycles. The molecule has 2 heterocycles. The number of nitrogens with zero attached hydrogens (tertiary/aromatic N) is 3. The van der Waals surface area contributed by atoms with Gasteiger partial charge in [-0.15, -0.1) is 0 Å². The molecule has 2 fully saturated rings. The number of rotatable bonds is 8. The van der Waals surface area contributed by atoms with Gasteiger partial charge in [-0.3, -0.25) is 9.69 Å². The van der Waals surface area contributed by atoms with Crippen molar-refractivity contribution in [2.24, 2.45) is 0 Å². The fourth-order valence-corrected chi connectivity index (χ4v) is 5.88. The molecule has 2 aliphatic rings. The minimum absolute atomic E-state index is 0.0471. The molecule has 0 aromatic heterocycles. The van der Waals surface area contributed by atoms with E-state index in [0.717, 1.165) is 26.1 Å². The van der Waals surface area contributed by atoms with Crippen molar-refractivity contribution in [2.75, 3.05) is 51.6 Å². The van der Waals surface area contributed by atoms with Gasteiger partial charge < -0.3 is 9.64 Å². The van der Waals surface area contributed by atoms with Gasteiger partial charge in [-0.25, -0.2) is 8.42 Å². The second-order valence-corrected chi connectivity index (χ2v) is 9.98. The second kappa shape index (κ2) is 10.1. The Morgan fingerprint density at radius 1 is 1.17 bits per heavy atom. The first-order chi connectivity index (χ1) is 13.9. The van der Waals surface area contributed by atoms with Crippen LogP contribution in [0.25, 0.3) is 0 Å². The summed E-state index contributed by atoms with van der Waals surface area (Å²) in [5.41, 5.74) is 0. The Hall–Kier alpha value is -1.35. The first-order valence-corrected chi connectivity index (χ1v) is 12.3. The van der Waals surface area contributed by atoms with E-state index in [1.165, 1.54) is 4.31 Å². The molecule has 3 rings (SSSR count). The molecule has 0 bridgehead atoms. The molecule has 7 nitrogen and oxygen atoms in total. The summed E-state index contributed by atoms with van der Waals surface area (Å²) in [6.07, 6.45) is 1.93. The van der Waals surface area contributed by atoms with E-state index in [9.17, 15) is 13.2 Å². The smallest absolute Gasteiger partial charge is 0.241 e. The van der Waals surface area contributed by atoms with E-state index in [-0.39, 0.29) is 11.7 Å². The standard InChI is InChI=1S/C20H30ClN3O4S/c1-2-16-29(26,27)24-9-5-7-18(24)20(25)23-12-10-22(11-13-23)14-15-28-19-8-4-3-6-17(19)21/h3-4,6,8,18H,2,5,7,9-16H2,1H3. The molecule has 0 aliphatic carbocycles. The van der Waals surface area contributed by atoms with Crippen molar-refractivity contribution < 1.29 is 17.9 Å². The summed E-state index contributed by atoms with van der Waals surface area (Å²) in [5.74, 6) is 0.738. The molecule has 2 saturated heterocycles. The largest absolute Gasteiger partial charge is 0.491 e. The minimum Gasteiger partial charge on any atom is -0.491 e. The van der Waals surface area contributed by atoms with Crippen LogP contribution < -0.4 is 4.74 Å². The van der Waals surface area contributed by atoms with Crippen LogP contribution >= 0.6 is 11.6 Å². The average Bonchev–Trinajstić information content (AvgIpc) is 3.20. The van der Waals surface area contributed by atoms with Gasteiger partial charge in [0.2, 0.25) is 15.9 Å². The normalized spacial score (nSPS) is 21.4. The number of para-hydroxylation sites is 1. The molecule has 1 aromatic carbocycles. The number of sulfonamides is 1. The molecule has 0 saturated carbocycles. The maximum absolute atomic E-state index is 13.0. The highest BCUT2D eigenvalue weighted by atomic mass is 35.5. The van der Waals surface area contributed by atoms with Crippen molar-refractivity contribution in [3.05, 3.63) is 29.3 Å². The summed E-state index contributed by atoms with van der Waals surface area (Å²) < 4.78 is 32.1. The van der Waals surface area contributed by atoms with E-state index < -0.39 is 16.1 Å². The summed E-state index contributed by atoms with van der Waals surface area (Å²) >= 11 is 6.10. The highest BCUT2D eigenvalue weighted by Crippen LogP contribution is 2.25. The third kappa shape index (κ3) is 5.63. The van der Waals surface area contributed by atoms with Gasteiger partial charge in [-0.05, 0) is 31.4 Å². The molecule has 0 N–H and O–H groups in total. The Bertz CT molecular complexity index is 797. The highest BCUT2D eigenvalue weighted by molar-refractivity contribution is 7.89. The lowest BCUT2D eigenvalue weighted by Crippen LogP contribution is -2.54. The van der Waals surface area contributed by atoms with Gasteiger partial charge in [0, 0.05) is 39.3 Å². The minimum atomic E-state index is -3.35. The third-order valence-corrected chi connectivity index (χ3v) is 7.88. The van der Waals surface area contributed by atoms with Crippen LogP contribution in [0.1, 0.15) is 26.2 Å². The molecule has 1 atom stereocenters. The number of amides is 1. The fourth-order valence-electron chi connectivity index (χ4n) is 3.94. The topological polar surface area (TPSA) is 70.2 Å². The number of hydrogen-bond donors (Lipinski definition) is 0. The molecular formula is C20H30ClN3O4S. The molecule has 0 spiro atoms. The van der Waals surface area contributed by atoms with Crippen molar-refractivity contribution in [3.8, 4) is 5.75 Å². The van der Waals surface area contributed by atoms with Crippen LogP contribution in [0.15, 0.2) is 24.3 Å². The lowest BCUT2D eigenvalue weighted by molar-refractivity contribution is -0.136. The molecule has 9 heteroatoms. The Morgan fingerprint density at radius 2 is 1.90 bits per heavy atom. The van der Waals surface area contributed by atoms with Crippen molar-refractivity contribution in [2.45, 2.75) is 32.2 Å². The Kier molecular flexibility index (Phi) is 7.79. The number of hydrogen-bond acceptors (Lipinski definition) is 5. The molecule has 29 heavy (non-hydrogen) atoms. The Balaban J connectivity index is 1.46.